The van der Waals surface area contributed by atoms with Gasteiger partial charge in [-0.25, -0.2) is 0 Å². The standard InChI is InChI=1S/C21H34N6S2/c1-20-9-7-13(24-26-18(22)28)11-12(20)3-4-14-15-5-6-17(25-27-19(23)29)21(15,2)10-8-16(14)20/h12,14-16H,3-11H2,1-2H3,(H3,22,26,28)(H3,23,27,29)/b24-13-,25-17-/t12-,14-,15-,16-,20-,21-/m0/s1. The zero-order valence-electron chi connectivity index (χ0n) is 17.5. The summed E-state index contributed by atoms with van der Waals surface area (Å²) in [7, 11) is 0. The molecule has 6 nitrogen and oxygen atoms in total. The molecule has 4 aliphatic rings. The van der Waals surface area contributed by atoms with Gasteiger partial charge in [0, 0.05) is 16.8 Å². The van der Waals surface area contributed by atoms with Gasteiger partial charge in [-0.1, -0.05) is 13.8 Å². The van der Waals surface area contributed by atoms with Crippen LogP contribution in [-0.4, -0.2) is 21.6 Å². The number of thiocarbonyl (C=S) groups is 2. The fourth-order valence-corrected chi connectivity index (χ4v) is 7.48. The summed E-state index contributed by atoms with van der Waals surface area (Å²) in [6, 6.07) is 0. The second kappa shape index (κ2) is 7.76. The summed E-state index contributed by atoms with van der Waals surface area (Å²) in [5.41, 5.74) is 20.0. The van der Waals surface area contributed by atoms with Gasteiger partial charge in [-0.15, -0.1) is 0 Å². The fourth-order valence-electron chi connectivity index (χ4n) is 7.39. The minimum atomic E-state index is 0.199. The normalized spacial score (nSPS) is 43.9. The fraction of sp³-hybridized carbons (Fsp3) is 0.810. The van der Waals surface area contributed by atoms with Gasteiger partial charge >= 0.3 is 0 Å². The number of rotatable bonds is 2. The van der Waals surface area contributed by atoms with Crippen molar-refractivity contribution in [3.05, 3.63) is 0 Å². The Morgan fingerprint density at radius 1 is 0.931 bits per heavy atom. The monoisotopic (exact) mass is 434 g/mol. The van der Waals surface area contributed by atoms with E-state index in [-0.39, 0.29) is 15.6 Å². The Morgan fingerprint density at radius 3 is 2.38 bits per heavy atom. The lowest BCUT2D eigenvalue weighted by atomic mass is 9.45. The van der Waals surface area contributed by atoms with Gasteiger partial charge in [0.15, 0.2) is 10.2 Å². The van der Waals surface area contributed by atoms with Crippen LogP contribution in [0.15, 0.2) is 10.2 Å². The zero-order chi connectivity index (χ0) is 20.8. The Kier molecular flexibility index (Phi) is 5.61. The van der Waals surface area contributed by atoms with Crippen molar-refractivity contribution in [1.82, 2.24) is 10.9 Å². The van der Waals surface area contributed by atoms with E-state index in [4.69, 9.17) is 35.9 Å². The number of fused-ring (bicyclic) bond motifs is 5. The Morgan fingerprint density at radius 2 is 1.66 bits per heavy atom. The van der Waals surface area contributed by atoms with E-state index in [1.165, 1.54) is 49.9 Å². The van der Waals surface area contributed by atoms with Crippen LogP contribution in [0.2, 0.25) is 0 Å². The smallest absolute Gasteiger partial charge is 0.184 e. The summed E-state index contributed by atoms with van der Waals surface area (Å²) in [6.07, 6.45) is 10.8. The maximum absolute atomic E-state index is 5.61. The summed E-state index contributed by atoms with van der Waals surface area (Å²) in [5, 5.41) is 9.61. The average Bonchev–Trinajstić information content (AvgIpc) is 3.01. The number of nitrogens with two attached hydrogens (primary N) is 2. The van der Waals surface area contributed by atoms with Crippen LogP contribution in [0.3, 0.4) is 0 Å². The largest absolute Gasteiger partial charge is 0.375 e. The van der Waals surface area contributed by atoms with Crippen molar-refractivity contribution in [3.63, 3.8) is 0 Å². The molecule has 6 N–H and O–H groups in total. The SMILES string of the molecule is C[C@]12CC/C(=N/NC(N)=S)C[C@@H]1CC[C@@H]1[C@@H]2CC[C@]2(C)/C(=N\NC(N)=S)CC[C@@H]12. The average molecular weight is 435 g/mol. The maximum Gasteiger partial charge on any atom is 0.184 e. The van der Waals surface area contributed by atoms with Crippen LogP contribution in [0.1, 0.15) is 71.6 Å². The molecule has 6 atom stereocenters. The highest BCUT2D eigenvalue weighted by molar-refractivity contribution is 7.80. The number of hydrazone groups is 2. The van der Waals surface area contributed by atoms with E-state index in [9.17, 15) is 0 Å². The number of nitrogens with zero attached hydrogens (tertiary/aromatic N) is 2. The van der Waals surface area contributed by atoms with E-state index in [0.717, 1.165) is 42.9 Å². The molecular formula is C21H34N6S2. The van der Waals surface area contributed by atoms with Crippen molar-refractivity contribution in [2.24, 2.45) is 56.2 Å². The molecule has 0 spiro atoms. The van der Waals surface area contributed by atoms with Gasteiger partial charge in [-0.2, -0.15) is 10.2 Å². The third kappa shape index (κ3) is 3.67. The molecule has 8 heteroatoms. The van der Waals surface area contributed by atoms with Crippen LogP contribution in [0.4, 0.5) is 0 Å². The van der Waals surface area contributed by atoms with Gasteiger partial charge in [-0.3, -0.25) is 10.9 Å². The zero-order valence-corrected chi connectivity index (χ0v) is 19.2. The van der Waals surface area contributed by atoms with Gasteiger partial charge in [0.2, 0.25) is 0 Å². The molecule has 29 heavy (non-hydrogen) atoms. The van der Waals surface area contributed by atoms with Crippen LogP contribution < -0.4 is 22.3 Å². The molecular weight excluding hydrogens is 400 g/mol. The summed E-state index contributed by atoms with van der Waals surface area (Å²) in [5.74, 6) is 3.07. The molecule has 0 amide bonds. The van der Waals surface area contributed by atoms with E-state index in [1.807, 2.05) is 0 Å². The first kappa shape index (κ1) is 21.0. The molecule has 0 bridgehead atoms. The second-order valence-electron chi connectivity index (χ2n) is 10.0. The van der Waals surface area contributed by atoms with Crippen LogP contribution in [0, 0.1) is 34.5 Å². The summed E-state index contributed by atoms with van der Waals surface area (Å²) >= 11 is 9.86. The van der Waals surface area contributed by atoms with Crippen LogP contribution >= 0.6 is 24.4 Å². The van der Waals surface area contributed by atoms with Crippen molar-refractivity contribution in [2.45, 2.75) is 71.6 Å². The third-order valence-electron chi connectivity index (χ3n) is 8.87. The van der Waals surface area contributed by atoms with Crippen molar-refractivity contribution >= 4 is 46.1 Å². The lowest BCUT2D eigenvalue weighted by Crippen LogP contribution is -2.53. The molecule has 0 aromatic heterocycles. The first-order valence-electron chi connectivity index (χ1n) is 11.0. The Balaban J connectivity index is 1.51. The van der Waals surface area contributed by atoms with Gasteiger partial charge < -0.3 is 11.5 Å². The molecule has 0 heterocycles. The van der Waals surface area contributed by atoms with Crippen LogP contribution in [0.5, 0.6) is 0 Å². The van der Waals surface area contributed by atoms with Crippen molar-refractivity contribution in [2.75, 3.05) is 0 Å². The highest BCUT2D eigenvalue weighted by Crippen LogP contribution is 2.65. The minimum absolute atomic E-state index is 0.199. The van der Waals surface area contributed by atoms with Crippen molar-refractivity contribution < 1.29 is 0 Å². The summed E-state index contributed by atoms with van der Waals surface area (Å²) < 4.78 is 0. The quantitative estimate of drug-likeness (QED) is 0.392. The number of nitrogens with one attached hydrogen (secondary N) is 2. The van der Waals surface area contributed by atoms with Crippen LogP contribution in [0.25, 0.3) is 0 Å². The highest BCUT2D eigenvalue weighted by atomic mass is 32.1. The summed E-state index contributed by atoms with van der Waals surface area (Å²) in [4.78, 5) is 0. The van der Waals surface area contributed by atoms with Gasteiger partial charge in [-0.05, 0) is 111 Å². The molecule has 4 aliphatic carbocycles. The molecule has 4 fully saturated rings. The van der Waals surface area contributed by atoms with E-state index in [0.29, 0.717) is 5.41 Å². The Bertz CT molecular complexity index is 764. The molecule has 160 valence electrons. The van der Waals surface area contributed by atoms with Crippen molar-refractivity contribution in [1.29, 1.82) is 0 Å². The Hall–Kier alpha value is -1.28. The highest BCUT2D eigenvalue weighted by Gasteiger charge is 2.59. The predicted molar refractivity (Wildman–Crippen MR) is 126 cm³/mol. The second-order valence-corrected chi connectivity index (χ2v) is 10.9. The Labute approximate surface area is 184 Å². The molecule has 4 saturated carbocycles. The van der Waals surface area contributed by atoms with Crippen LogP contribution in [-0.2, 0) is 0 Å². The molecule has 0 saturated heterocycles. The lowest BCUT2D eigenvalue weighted by molar-refractivity contribution is -0.0815. The number of hydrogen-bond acceptors (Lipinski definition) is 4. The molecule has 0 radical (unpaired) electrons. The maximum atomic E-state index is 5.61. The van der Waals surface area contributed by atoms with Gasteiger partial charge in [0.25, 0.3) is 0 Å². The van der Waals surface area contributed by atoms with E-state index >= 15 is 0 Å². The number of hydrogen-bond donors (Lipinski definition) is 4. The van der Waals surface area contributed by atoms with Gasteiger partial charge in [0.05, 0.1) is 0 Å². The first-order chi connectivity index (χ1) is 13.7. The van der Waals surface area contributed by atoms with Crippen molar-refractivity contribution in [3.8, 4) is 0 Å². The molecule has 0 aromatic carbocycles. The first-order valence-corrected chi connectivity index (χ1v) is 11.8. The van der Waals surface area contributed by atoms with E-state index in [1.54, 1.807) is 0 Å². The summed E-state index contributed by atoms with van der Waals surface area (Å²) in [6.45, 7) is 5.00. The van der Waals surface area contributed by atoms with E-state index < -0.39 is 0 Å². The molecule has 0 aliphatic heterocycles. The molecule has 0 unspecified atom stereocenters. The molecule has 0 aromatic rings. The predicted octanol–water partition coefficient (Wildman–Crippen LogP) is 3.41. The molecule has 4 rings (SSSR count). The third-order valence-corrected chi connectivity index (χ3v) is 9.05. The van der Waals surface area contributed by atoms with E-state index in [2.05, 4.69) is 34.9 Å². The van der Waals surface area contributed by atoms with Gasteiger partial charge in [0.1, 0.15) is 0 Å². The minimum Gasteiger partial charge on any atom is -0.375 e. The lowest BCUT2D eigenvalue weighted by Gasteiger charge is -2.59. The topological polar surface area (TPSA) is 101 Å².